The minimum atomic E-state index is 0.788. The Labute approximate surface area is 68.9 Å². The molecule has 2 heterocycles. The summed E-state index contributed by atoms with van der Waals surface area (Å²) in [5.74, 6) is 0.927. The predicted octanol–water partition coefficient (Wildman–Crippen LogP) is 2.09. The Morgan fingerprint density at radius 1 is 1.09 bits per heavy atom. The van der Waals surface area contributed by atoms with Gasteiger partial charge in [-0.3, -0.25) is 0 Å². The predicted molar refractivity (Wildman–Crippen MR) is 47.5 cm³/mol. The normalized spacial score (nSPS) is 37.8. The molecule has 2 aliphatic heterocycles. The first-order chi connectivity index (χ1) is 5.45. The lowest BCUT2D eigenvalue weighted by Crippen LogP contribution is -2.31. The van der Waals surface area contributed by atoms with Crippen LogP contribution in [0.4, 0.5) is 0 Å². The molecule has 1 saturated heterocycles. The maximum Gasteiger partial charge on any atom is 0.0102 e. The fraction of sp³-hybridized carbons (Fsp3) is 0.800. The zero-order valence-corrected chi connectivity index (χ0v) is 7.05. The molecule has 1 N–H and O–H groups in total. The lowest BCUT2D eigenvalue weighted by molar-refractivity contribution is 0.454. The van der Waals surface area contributed by atoms with Crippen LogP contribution in [0.3, 0.4) is 0 Å². The van der Waals surface area contributed by atoms with E-state index in [1.807, 2.05) is 0 Å². The molecular weight excluding hydrogens is 134 g/mol. The van der Waals surface area contributed by atoms with Gasteiger partial charge in [0.05, 0.1) is 0 Å². The topological polar surface area (TPSA) is 12.0 Å². The quantitative estimate of drug-likeness (QED) is 0.523. The van der Waals surface area contributed by atoms with Gasteiger partial charge in [-0.1, -0.05) is 18.6 Å². The Bertz CT molecular complexity index is 135. The third-order valence-electron chi connectivity index (χ3n) is 2.92. The van der Waals surface area contributed by atoms with Crippen molar-refractivity contribution in [2.45, 2.75) is 38.1 Å². The van der Waals surface area contributed by atoms with Crippen molar-refractivity contribution in [3.8, 4) is 0 Å². The zero-order valence-electron chi connectivity index (χ0n) is 7.05. The summed E-state index contributed by atoms with van der Waals surface area (Å²) in [6.45, 7) is 1.26. The number of nitrogens with one attached hydrogen (secondary N) is 1. The minimum Gasteiger partial charge on any atom is -0.313 e. The molecule has 2 aliphatic rings. The van der Waals surface area contributed by atoms with E-state index in [1.165, 1.54) is 38.6 Å². The van der Waals surface area contributed by atoms with Gasteiger partial charge in [0, 0.05) is 6.04 Å². The molecule has 0 amide bonds. The fourth-order valence-corrected chi connectivity index (χ4v) is 2.14. The van der Waals surface area contributed by atoms with E-state index < -0.39 is 0 Å². The minimum absolute atomic E-state index is 0.788. The monoisotopic (exact) mass is 151 g/mol. The highest BCUT2D eigenvalue weighted by Gasteiger charge is 2.17. The van der Waals surface area contributed by atoms with Crippen LogP contribution < -0.4 is 5.32 Å². The largest absolute Gasteiger partial charge is 0.313 e. The van der Waals surface area contributed by atoms with Gasteiger partial charge in [0.2, 0.25) is 0 Å². The molecule has 2 atom stereocenters. The zero-order chi connectivity index (χ0) is 7.52. The molecule has 0 aromatic heterocycles. The first-order valence-corrected chi connectivity index (χ1v) is 4.83. The lowest BCUT2D eigenvalue weighted by Gasteiger charge is -2.17. The number of fused-ring (bicyclic) bond motifs is 3. The first kappa shape index (κ1) is 7.35. The second kappa shape index (κ2) is 3.40. The van der Waals surface area contributed by atoms with Crippen LogP contribution in [0.15, 0.2) is 12.2 Å². The average molecular weight is 151 g/mol. The van der Waals surface area contributed by atoms with Crippen LogP contribution in [0.1, 0.15) is 32.1 Å². The molecule has 0 saturated carbocycles. The van der Waals surface area contributed by atoms with Gasteiger partial charge in [-0.05, 0) is 38.1 Å². The summed E-state index contributed by atoms with van der Waals surface area (Å²) in [6.07, 6.45) is 11.6. The fourth-order valence-electron chi connectivity index (χ4n) is 2.14. The summed E-state index contributed by atoms with van der Waals surface area (Å²) >= 11 is 0. The molecule has 0 aliphatic carbocycles. The molecule has 1 fully saturated rings. The molecule has 2 unspecified atom stereocenters. The van der Waals surface area contributed by atoms with E-state index in [1.54, 1.807) is 0 Å². The Hall–Kier alpha value is -0.300. The van der Waals surface area contributed by atoms with E-state index in [0.717, 1.165) is 12.0 Å². The van der Waals surface area contributed by atoms with Crippen LogP contribution in [-0.4, -0.2) is 12.6 Å². The Kier molecular flexibility index (Phi) is 2.27. The van der Waals surface area contributed by atoms with Gasteiger partial charge in [0.25, 0.3) is 0 Å². The van der Waals surface area contributed by atoms with Gasteiger partial charge >= 0.3 is 0 Å². The van der Waals surface area contributed by atoms with Crippen molar-refractivity contribution >= 4 is 0 Å². The number of hydrogen-bond acceptors (Lipinski definition) is 1. The molecule has 0 radical (unpaired) electrons. The second-order valence-corrected chi connectivity index (χ2v) is 3.84. The van der Waals surface area contributed by atoms with Crippen LogP contribution in [0.2, 0.25) is 0 Å². The van der Waals surface area contributed by atoms with Gasteiger partial charge in [-0.2, -0.15) is 0 Å². The van der Waals surface area contributed by atoms with Crippen molar-refractivity contribution in [2.75, 3.05) is 6.54 Å². The first-order valence-electron chi connectivity index (χ1n) is 4.83. The van der Waals surface area contributed by atoms with Gasteiger partial charge in [0.15, 0.2) is 0 Å². The van der Waals surface area contributed by atoms with Crippen molar-refractivity contribution in [1.82, 2.24) is 5.32 Å². The molecule has 0 aromatic carbocycles. The maximum absolute atomic E-state index is 3.63. The van der Waals surface area contributed by atoms with E-state index in [9.17, 15) is 0 Å². The van der Waals surface area contributed by atoms with Crippen LogP contribution in [0.25, 0.3) is 0 Å². The van der Waals surface area contributed by atoms with Gasteiger partial charge in [0.1, 0.15) is 0 Å². The van der Waals surface area contributed by atoms with Crippen molar-refractivity contribution in [3.63, 3.8) is 0 Å². The van der Waals surface area contributed by atoms with E-state index in [0.29, 0.717) is 0 Å². The summed E-state index contributed by atoms with van der Waals surface area (Å²) in [6, 6.07) is 0.788. The Morgan fingerprint density at radius 2 is 2.00 bits per heavy atom. The van der Waals surface area contributed by atoms with Gasteiger partial charge < -0.3 is 5.32 Å². The molecule has 2 bridgehead atoms. The highest BCUT2D eigenvalue weighted by atomic mass is 14.9. The maximum atomic E-state index is 3.63. The van der Waals surface area contributed by atoms with E-state index in [2.05, 4.69) is 17.5 Å². The van der Waals surface area contributed by atoms with Crippen molar-refractivity contribution in [3.05, 3.63) is 12.2 Å². The van der Waals surface area contributed by atoms with Crippen molar-refractivity contribution in [2.24, 2.45) is 5.92 Å². The standard InChI is InChI=1S/C10H17N/c1-2-6-10-7-3-5-9(4-1)8-11-10/h1-2,9-11H,3-8H2. The van der Waals surface area contributed by atoms with Crippen LogP contribution >= 0.6 is 0 Å². The Balaban J connectivity index is 2.06. The summed E-state index contributed by atoms with van der Waals surface area (Å²) in [4.78, 5) is 0. The molecule has 62 valence electrons. The van der Waals surface area contributed by atoms with Gasteiger partial charge in [-0.15, -0.1) is 0 Å². The lowest BCUT2D eigenvalue weighted by atomic mass is 10.00. The molecule has 0 spiro atoms. The SMILES string of the molecule is C1=CCC2CCCC(C1)CN2. The van der Waals surface area contributed by atoms with Crippen LogP contribution in [0.5, 0.6) is 0 Å². The van der Waals surface area contributed by atoms with E-state index in [-0.39, 0.29) is 0 Å². The molecule has 1 nitrogen and oxygen atoms in total. The van der Waals surface area contributed by atoms with Crippen LogP contribution in [0, 0.1) is 5.92 Å². The highest BCUT2D eigenvalue weighted by molar-refractivity contribution is 4.93. The number of rotatable bonds is 0. The van der Waals surface area contributed by atoms with Crippen LogP contribution in [-0.2, 0) is 0 Å². The molecular formula is C10H17N. The summed E-state index contributed by atoms with van der Waals surface area (Å²) in [7, 11) is 0. The van der Waals surface area contributed by atoms with E-state index in [4.69, 9.17) is 0 Å². The van der Waals surface area contributed by atoms with E-state index >= 15 is 0 Å². The molecule has 0 aromatic rings. The smallest absolute Gasteiger partial charge is 0.0102 e. The molecule has 2 rings (SSSR count). The Morgan fingerprint density at radius 3 is 3.00 bits per heavy atom. The second-order valence-electron chi connectivity index (χ2n) is 3.84. The third kappa shape index (κ3) is 1.84. The van der Waals surface area contributed by atoms with Gasteiger partial charge in [-0.25, -0.2) is 0 Å². The highest BCUT2D eigenvalue weighted by Crippen LogP contribution is 2.21. The van der Waals surface area contributed by atoms with Crippen molar-refractivity contribution < 1.29 is 0 Å². The summed E-state index contributed by atoms with van der Waals surface area (Å²) in [5, 5.41) is 3.63. The van der Waals surface area contributed by atoms with Crippen molar-refractivity contribution in [1.29, 1.82) is 0 Å². The average Bonchev–Trinajstić information content (AvgIpc) is 2.11. The molecule has 11 heavy (non-hydrogen) atoms. The summed E-state index contributed by atoms with van der Waals surface area (Å²) in [5.41, 5.74) is 0. The number of allylic oxidation sites excluding steroid dienone is 1. The third-order valence-corrected chi connectivity index (χ3v) is 2.92. The molecule has 1 heteroatoms. The number of hydrogen-bond donors (Lipinski definition) is 1. The summed E-state index contributed by atoms with van der Waals surface area (Å²) < 4.78 is 0.